The van der Waals surface area contributed by atoms with Gasteiger partial charge in [0.15, 0.2) is 0 Å². The number of aromatic carboxylic acids is 1. The van der Waals surface area contributed by atoms with Crippen molar-refractivity contribution in [1.29, 1.82) is 0 Å². The van der Waals surface area contributed by atoms with E-state index in [1.54, 1.807) is 12.1 Å². The van der Waals surface area contributed by atoms with Crippen LogP contribution in [0.1, 0.15) is 29.6 Å². The molecule has 1 aromatic carbocycles. The minimum Gasteiger partial charge on any atom is -0.496 e. The highest BCUT2D eigenvalue weighted by atomic mass is 16.5. The zero-order chi connectivity index (χ0) is 15.4. The van der Waals surface area contributed by atoms with Crippen LogP contribution in [0.4, 0.5) is 5.69 Å². The van der Waals surface area contributed by atoms with Gasteiger partial charge in [-0.15, -0.1) is 0 Å². The fourth-order valence-electron chi connectivity index (χ4n) is 4.69. The third-order valence-electron chi connectivity index (χ3n) is 5.73. The highest BCUT2D eigenvalue weighted by Crippen LogP contribution is 2.67. The maximum Gasteiger partial charge on any atom is 0.339 e. The fourth-order valence-corrected chi connectivity index (χ4v) is 4.69. The van der Waals surface area contributed by atoms with E-state index in [9.17, 15) is 9.59 Å². The van der Waals surface area contributed by atoms with Crippen molar-refractivity contribution in [2.75, 3.05) is 12.4 Å². The van der Waals surface area contributed by atoms with Gasteiger partial charge < -0.3 is 15.2 Å². The summed E-state index contributed by atoms with van der Waals surface area (Å²) in [4.78, 5) is 23.6. The number of nitrogens with one attached hydrogen (secondary N) is 1. The molecule has 0 spiro atoms. The second-order valence-corrected chi connectivity index (χ2v) is 6.77. The zero-order valence-corrected chi connectivity index (χ0v) is 12.4. The van der Waals surface area contributed by atoms with Gasteiger partial charge in [0.2, 0.25) is 5.91 Å². The Labute approximate surface area is 128 Å². The first-order valence-corrected chi connectivity index (χ1v) is 7.80. The van der Waals surface area contributed by atoms with Crippen LogP contribution in [0.2, 0.25) is 0 Å². The van der Waals surface area contributed by atoms with Gasteiger partial charge >= 0.3 is 5.97 Å². The van der Waals surface area contributed by atoms with Crippen molar-refractivity contribution in [2.45, 2.75) is 19.3 Å². The van der Waals surface area contributed by atoms with E-state index in [-0.39, 0.29) is 23.1 Å². The van der Waals surface area contributed by atoms with Crippen molar-refractivity contribution >= 4 is 17.6 Å². The van der Waals surface area contributed by atoms with E-state index in [1.165, 1.54) is 26.0 Å². The lowest BCUT2D eigenvalue weighted by atomic mass is 9.88. The van der Waals surface area contributed by atoms with E-state index in [1.807, 2.05) is 0 Å². The first-order valence-electron chi connectivity index (χ1n) is 7.80. The molecule has 3 fully saturated rings. The van der Waals surface area contributed by atoms with Gasteiger partial charge in [-0.2, -0.15) is 0 Å². The molecular weight excluding hydrogens is 282 g/mol. The molecule has 3 saturated carbocycles. The molecule has 4 rings (SSSR count). The summed E-state index contributed by atoms with van der Waals surface area (Å²) in [5.74, 6) is 2.44. The number of fused-ring (bicyclic) bond motifs is 5. The molecule has 2 N–H and O–H groups in total. The van der Waals surface area contributed by atoms with Crippen LogP contribution in [-0.4, -0.2) is 24.1 Å². The number of carbonyl (C=O) groups is 2. The number of amides is 1. The number of hydrogen-bond donors (Lipinski definition) is 2. The molecule has 3 aliphatic carbocycles. The van der Waals surface area contributed by atoms with E-state index in [0.29, 0.717) is 11.6 Å². The first kappa shape index (κ1) is 13.6. The Morgan fingerprint density at radius 3 is 2.64 bits per heavy atom. The van der Waals surface area contributed by atoms with Crippen LogP contribution in [0.25, 0.3) is 0 Å². The second kappa shape index (κ2) is 4.73. The van der Waals surface area contributed by atoms with E-state index in [4.69, 9.17) is 9.84 Å². The quantitative estimate of drug-likeness (QED) is 0.896. The minimum absolute atomic E-state index is 0.0722. The smallest absolute Gasteiger partial charge is 0.339 e. The van der Waals surface area contributed by atoms with Crippen LogP contribution in [0.5, 0.6) is 5.75 Å². The van der Waals surface area contributed by atoms with E-state index >= 15 is 0 Å². The Hall–Kier alpha value is -2.04. The van der Waals surface area contributed by atoms with Gasteiger partial charge in [0.25, 0.3) is 0 Å². The molecule has 0 aromatic heterocycles. The number of rotatable bonds is 4. The van der Waals surface area contributed by atoms with Crippen molar-refractivity contribution in [3.8, 4) is 5.75 Å². The molecule has 5 nitrogen and oxygen atoms in total. The maximum absolute atomic E-state index is 12.5. The van der Waals surface area contributed by atoms with Crippen LogP contribution in [0, 0.1) is 29.6 Å². The molecule has 5 unspecified atom stereocenters. The number of methoxy groups -OCH3 is 1. The molecule has 0 heterocycles. The van der Waals surface area contributed by atoms with E-state index in [2.05, 4.69) is 5.32 Å². The summed E-state index contributed by atoms with van der Waals surface area (Å²) in [6.45, 7) is 0. The van der Waals surface area contributed by atoms with Gasteiger partial charge in [0, 0.05) is 17.7 Å². The SMILES string of the molecule is COc1cc(NC(=O)C2CC3CC2C2CC32)ccc1C(=O)O. The van der Waals surface area contributed by atoms with Crippen molar-refractivity contribution in [2.24, 2.45) is 29.6 Å². The maximum atomic E-state index is 12.5. The first-order chi connectivity index (χ1) is 10.6. The second-order valence-electron chi connectivity index (χ2n) is 6.77. The number of carboxylic acids is 1. The zero-order valence-electron chi connectivity index (χ0n) is 12.4. The highest BCUT2D eigenvalue weighted by molar-refractivity contribution is 5.95. The molecule has 5 atom stereocenters. The van der Waals surface area contributed by atoms with Gasteiger partial charge in [-0.05, 0) is 55.1 Å². The standard InChI is InChI=1S/C17H19NO4/c1-22-15-6-9(2-3-10(15)17(20)21)18-16(19)14-5-8-4-12(14)13-7-11(8)13/h2-3,6,8,11-14H,4-5,7H2,1H3,(H,18,19)(H,20,21). The summed E-state index contributed by atoms with van der Waals surface area (Å²) in [6, 6.07) is 4.67. The lowest BCUT2D eigenvalue weighted by Crippen LogP contribution is -2.28. The number of carboxylic acid groups (broad SMARTS) is 1. The largest absolute Gasteiger partial charge is 0.496 e. The normalized spacial score (nSPS) is 34.1. The van der Waals surface area contributed by atoms with Gasteiger partial charge in [-0.1, -0.05) is 0 Å². The number of hydrogen-bond acceptors (Lipinski definition) is 3. The molecule has 1 aromatic rings. The lowest BCUT2D eigenvalue weighted by Gasteiger charge is -2.21. The molecule has 5 heteroatoms. The van der Waals surface area contributed by atoms with E-state index < -0.39 is 5.97 Å². The minimum atomic E-state index is -1.04. The summed E-state index contributed by atoms with van der Waals surface area (Å²) >= 11 is 0. The van der Waals surface area contributed by atoms with Crippen LogP contribution < -0.4 is 10.1 Å². The highest BCUT2D eigenvalue weighted by Gasteiger charge is 2.62. The molecule has 0 radical (unpaired) electrons. The van der Waals surface area contributed by atoms with Crippen molar-refractivity contribution in [1.82, 2.24) is 0 Å². The summed E-state index contributed by atoms with van der Waals surface area (Å²) in [7, 11) is 1.43. The van der Waals surface area contributed by atoms with Crippen LogP contribution in [0.3, 0.4) is 0 Å². The predicted octanol–water partition coefficient (Wildman–Crippen LogP) is 2.62. The molecule has 1 amide bonds. The molecule has 0 saturated heterocycles. The van der Waals surface area contributed by atoms with Crippen LogP contribution in [-0.2, 0) is 4.79 Å². The van der Waals surface area contributed by atoms with Crippen molar-refractivity contribution in [3.63, 3.8) is 0 Å². The number of ether oxygens (including phenoxy) is 1. The van der Waals surface area contributed by atoms with Crippen LogP contribution >= 0.6 is 0 Å². The molecule has 2 bridgehead atoms. The Morgan fingerprint density at radius 2 is 2.00 bits per heavy atom. The molecule has 0 aliphatic heterocycles. The number of benzene rings is 1. The van der Waals surface area contributed by atoms with Gasteiger partial charge in [0.05, 0.1) is 7.11 Å². The van der Waals surface area contributed by atoms with Gasteiger partial charge in [0.1, 0.15) is 11.3 Å². The predicted molar refractivity (Wildman–Crippen MR) is 79.9 cm³/mol. The summed E-state index contributed by atoms with van der Waals surface area (Å²) in [5.41, 5.74) is 0.697. The number of carbonyl (C=O) groups excluding carboxylic acids is 1. The van der Waals surface area contributed by atoms with Gasteiger partial charge in [-0.3, -0.25) is 4.79 Å². The summed E-state index contributed by atoms with van der Waals surface area (Å²) in [6.07, 6.45) is 3.55. The Balaban J connectivity index is 1.49. The Kier molecular flexibility index (Phi) is 2.93. The lowest BCUT2D eigenvalue weighted by molar-refractivity contribution is -0.121. The molecule has 116 valence electrons. The number of anilines is 1. The topological polar surface area (TPSA) is 75.6 Å². The average molecular weight is 301 g/mol. The third kappa shape index (κ3) is 1.99. The molecular formula is C17H19NO4. The average Bonchev–Trinajstić information content (AvgIpc) is 3.10. The molecule has 22 heavy (non-hydrogen) atoms. The fraction of sp³-hybridized carbons (Fsp3) is 0.529. The molecule has 3 aliphatic rings. The summed E-state index contributed by atoms with van der Waals surface area (Å²) < 4.78 is 5.10. The van der Waals surface area contributed by atoms with Crippen molar-refractivity contribution in [3.05, 3.63) is 23.8 Å². The van der Waals surface area contributed by atoms with E-state index in [0.717, 1.165) is 24.2 Å². The summed E-state index contributed by atoms with van der Waals surface area (Å²) in [5, 5.41) is 12.0. The van der Waals surface area contributed by atoms with Gasteiger partial charge in [-0.25, -0.2) is 4.79 Å². The van der Waals surface area contributed by atoms with Crippen molar-refractivity contribution < 1.29 is 19.4 Å². The monoisotopic (exact) mass is 301 g/mol. The van der Waals surface area contributed by atoms with Crippen LogP contribution in [0.15, 0.2) is 18.2 Å². The third-order valence-corrected chi connectivity index (χ3v) is 5.73. The Bertz CT molecular complexity index is 656. The Morgan fingerprint density at radius 1 is 1.18 bits per heavy atom.